The van der Waals surface area contributed by atoms with Gasteiger partial charge in [0.05, 0.1) is 6.26 Å². The molecule has 0 spiro atoms. The molecule has 0 atom stereocenters. The summed E-state index contributed by atoms with van der Waals surface area (Å²) in [6.45, 7) is 1.10. The first-order chi connectivity index (χ1) is 12.0. The van der Waals surface area contributed by atoms with Crippen molar-refractivity contribution in [3.63, 3.8) is 0 Å². The quantitative estimate of drug-likeness (QED) is 0.728. The van der Waals surface area contributed by atoms with E-state index in [-0.39, 0.29) is 18.3 Å². The predicted molar refractivity (Wildman–Crippen MR) is 87.8 cm³/mol. The Bertz CT molecular complexity index is 938. The number of nitrogens with zero attached hydrogens (tertiary/aromatic N) is 2. The molecule has 2 aromatic heterocycles. The third-order valence-electron chi connectivity index (χ3n) is 3.12. The van der Waals surface area contributed by atoms with E-state index in [1.165, 1.54) is 13.2 Å². The minimum absolute atomic E-state index is 0.00228. The number of carbonyl (C=O) groups is 2. The van der Waals surface area contributed by atoms with Crippen molar-refractivity contribution in [2.24, 2.45) is 0 Å². The second-order valence-corrected chi connectivity index (χ2v) is 5.11. The number of benzene rings is 1. The normalized spacial score (nSPS) is 10.4. The molecule has 2 N–H and O–H groups in total. The van der Waals surface area contributed by atoms with Gasteiger partial charge in [-0.1, -0.05) is 0 Å². The smallest absolute Gasteiger partial charge is 0.437 e. The molecule has 0 saturated carbocycles. The van der Waals surface area contributed by atoms with E-state index >= 15 is 0 Å². The van der Waals surface area contributed by atoms with E-state index in [0.29, 0.717) is 17.1 Å². The second-order valence-electron chi connectivity index (χ2n) is 5.11. The lowest BCUT2D eigenvalue weighted by atomic mass is 10.2. The summed E-state index contributed by atoms with van der Waals surface area (Å²) in [5.74, 6) is -1.10. The summed E-state index contributed by atoms with van der Waals surface area (Å²) in [4.78, 5) is 34.8. The summed E-state index contributed by atoms with van der Waals surface area (Å²) in [6.07, 6.45) is 1.42. The van der Waals surface area contributed by atoms with Gasteiger partial charge < -0.3 is 19.5 Å². The number of amides is 2. The van der Waals surface area contributed by atoms with Crippen LogP contribution in [0.4, 0.5) is 11.4 Å². The highest BCUT2D eigenvalue weighted by molar-refractivity contribution is 5.92. The maximum absolute atomic E-state index is 12.0. The SMILES string of the molecule is CC(=O)Nc1ccc(NC(=O)Cn2nc(-c3ccco3)oc2=O)cc1. The molecule has 0 saturated heterocycles. The lowest BCUT2D eigenvalue weighted by molar-refractivity contribution is -0.117. The van der Waals surface area contributed by atoms with Gasteiger partial charge in [-0.3, -0.25) is 9.59 Å². The van der Waals surface area contributed by atoms with E-state index in [4.69, 9.17) is 8.83 Å². The fourth-order valence-electron chi connectivity index (χ4n) is 2.08. The van der Waals surface area contributed by atoms with Crippen molar-refractivity contribution in [1.29, 1.82) is 0 Å². The van der Waals surface area contributed by atoms with E-state index < -0.39 is 11.7 Å². The van der Waals surface area contributed by atoms with Crippen molar-refractivity contribution in [2.45, 2.75) is 13.5 Å². The second kappa shape index (κ2) is 6.87. The summed E-state index contributed by atoms with van der Waals surface area (Å²) >= 11 is 0. The summed E-state index contributed by atoms with van der Waals surface area (Å²) in [5.41, 5.74) is 1.13. The topological polar surface area (TPSA) is 119 Å². The minimum Gasteiger partial charge on any atom is -0.459 e. The third kappa shape index (κ3) is 4.02. The molecule has 25 heavy (non-hydrogen) atoms. The van der Waals surface area contributed by atoms with Gasteiger partial charge in [0.15, 0.2) is 5.76 Å². The molecule has 2 heterocycles. The average molecular weight is 342 g/mol. The zero-order valence-electron chi connectivity index (χ0n) is 13.2. The largest absolute Gasteiger partial charge is 0.459 e. The fourth-order valence-corrected chi connectivity index (χ4v) is 2.08. The van der Waals surface area contributed by atoms with Crippen LogP contribution in [0.25, 0.3) is 11.7 Å². The first-order valence-electron chi connectivity index (χ1n) is 7.30. The maximum atomic E-state index is 12.0. The van der Waals surface area contributed by atoms with E-state index in [9.17, 15) is 14.4 Å². The molecule has 0 fully saturated rings. The lowest BCUT2D eigenvalue weighted by Crippen LogP contribution is -2.25. The molecular weight excluding hydrogens is 328 g/mol. The number of furan rings is 1. The maximum Gasteiger partial charge on any atom is 0.437 e. The van der Waals surface area contributed by atoms with Crippen molar-refractivity contribution in [3.05, 3.63) is 53.2 Å². The fraction of sp³-hybridized carbons (Fsp3) is 0.125. The summed E-state index contributed by atoms with van der Waals surface area (Å²) in [5, 5.41) is 9.16. The Balaban J connectivity index is 1.65. The molecule has 0 aliphatic rings. The van der Waals surface area contributed by atoms with Crippen LogP contribution in [0.1, 0.15) is 6.92 Å². The van der Waals surface area contributed by atoms with Crippen LogP contribution in [0.2, 0.25) is 0 Å². The van der Waals surface area contributed by atoms with Crippen LogP contribution in [-0.4, -0.2) is 21.6 Å². The molecule has 0 bridgehead atoms. The summed E-state index contributed by atoms with van der Waals surface area (Å²) in [7, 11) is 0. The lowest BCUT2D eigenvalue weighted by Gasteiger charge is -2.06. The molecule has 1 aromatic carbocycles. The number of carbonyl (C=O) groups excluding carboxylic acids is 2. The van der Waals surface area contributed by atoms with Gasteiger partial charge in [-0.2, -0.15) is 4.68 Å². The summed E-state index contributed by atoms with van der Waals surface area (Å²) < 4.78 is 10.9. The van der Waals surface area contributed by atoms with Gasteiger partial charge in [-0.25, -0.2) is 4.79 Å². The molecule has 9 heteroatoms. The highest BCUT2D eigenvalue weighted by Gasteiger charge is 2.15. The van der Waals surface area contributed by atoms with Crippen molar-refractivity contribution >= 4 is 23.2 Å². The Morgan fingerprint density at radius 1 is 1.12 bits per heavy atom. The van der Waals surface area contributed by atoms with Crippen molar-refractivity contribution in [3.8, 4) is 11.7 Å². The van der Waals surface area contributed by atoms with Gasteiger partial charge in [0.25, 0.3) is 5.89 Å². The number of hydrogen-bond acceptors (Lipinski definition) is 6. The Labute approximate surface area is 141 Å². The van der Waals surface area contributed by atoms with Crippen LogP contribution in [0.5, 0.6) is 0 Å². The molecular formula is C16H14N4O5. The van der Waals surface area contributed by atoms with Gasteiger partial charge in [-0.15, -0.1) is 5.10 Å². The van der Waals surface area contributed by atoms with Gasteiger partial charge in [0, 0.05) is 18.3 Å². The van der Waals surface area contributed by atoms with Gasteiger partial charge in [0.2, 0.25) is 11.8 Å². The molecule has 0 aliphatic heterocycles. The average Bonchev–Trinajstić information content (AvgIpc) is 3.19. The van der Waals surface area contributed by atoms with Gasteiger partial charge >= 0.3 is 5.76 Å². The molecule has 128 valence electrons. The number of aromatic nitrogens is 2. The Morgan fingerprint density at radius 2 is 1.80 bits per heavy atom. The molecule has 0 radical (unpaired) electrons. The Hall–Kier alpha value is -3.62. The first kappa shape index (κ1) is 16.2. The minimum atomic E-state index is -0.762. The van der Waals surface area contributed by atoms with Crippen LogP contribution in [0.3, 0.4) is 0 Å². The molecule has 0 aliphatic carbocycles. The van der Waals surface area contributed by atoms with Crippen LogP contribution in [0.15, 0.2) is 56.3 Å². The van der Waals surface area contributed by atoms with E-state index in [1.54, 1.807) is 36.4 Å². The van der Waals surface area contributed by atoms with E-state index in [1.807, 2.05) is 0 Å². The zero-order chi connectivity index (χ0) is 17.8. The molecule has 2 amide bonds. The Morgan fingerprint density at radius 3 is 2.40 bits per heavy atom. The van der Waals surface area contributed by atoms with Crippen LogP contribution >= 0.6 is 0 Å². The van der Waals surface area contributed by atoms with Crippen molar-refractivity contribution in [1.82, 2.24) is 9.78 Å². The first-order valence-corrected chi connectivity index (χ1v) is 7.30. The zero-order valence-corrected chi connectivity index (χ0v) is 13.2. The predicted octanol–water partition coefficient (Wildman–Crippen LogP) is 1.69. The van der Waals surface area contributed by atoms with Crippen LogP contribution in [-0.2, 0) is 16.1 Å². The highest BCUT2D eigenvalue weighted by Crippen LogP contribution is 2.15. The number of nitrogens with one attached hydrogen (secondary N) is 2. The van der Waals surface area contributed by atoms with Gasteiger partial charge in [0.1, 0.15) is 6.54 Å². The van der Waals surface area contributed by atoms with E-state index in [2.05, 4.69) is 15.7 Å². The molecule has 3 aromatic rings. The van der Waals surface area contributed by atoms with Crippen LogP contribution < -0.4 is 16.4 Å². The molecule has 3 rings (SSSR count). The standard InChI is InChI=1S/C16H14N4O5/c1-10(21)17-11-4-6-12(7-5-11)18-14(22)9-20-16(23)25-15(19-20)13-3-2-8-24-13/h2-8H,9H2,1H3,(H,17,21)(H,18,22). The Kier molecular flexibility index (Phi) is 4.46. The van der Waals surface area contributed by atoms with Gasteiger partial charge in [-0.05, 0) is 36.4 Å². The third-order valence-corrected chi connectivity index (χ3v) is 3.12. The van der Waals surface area contributed by atoms with Crippen molar-refractivity contribution < 1.29 is 18.4 Å². The number of anilines is 2. The number of rotatable bonds is 5. The van der Waals surface area contributed by atoms with Crippen LogP contribution in [0, 0.1) is 0 Å². The monoisotopic (exact) mass is 342 g/mol. The van der Waals surface area contributed by atoms with Crippen molar-refractivity contribution in [2.75, 3.05) is 10.6 Å². The molecule has 0 unspecified atom stereocenters. The van der Waals surface area contributed by atoms with E-state index in [0.717, 1.165) is 4.68 Å². The molecule has 9 nitrogen and oxygen atoms in total. The highest BCUT2D eigenvalue weighted by atomic mass is 16.4. The number of hydrogen-bond donors (Lipinski definition) is 2. The summed E-state index contributed by atoms with van der Waals surface area (Å²) in [6, 6.07) is 9.77.